The number of fused-ring (bicyclic) bond motifs is 1. The molecule has 0 radical (unpaired) electrons. The molecule has 0 aliphatic heterocycles. The highest BCUT2D eigenvalue weighted by molar-refractivity contribution is 14.0. The molecule has 0 bridgehead atoms. The van der Waals surface area contributed by atoms with E-state index in [1.165, 1.54) is 29.3 Å². The zero-order valence-corrected chi connectivity index (χ0v) is 16.8. The van der Waals surface area contributed by atoms with E-state index in [0.29, 0.717) is 0 Å². The van der Waals surface area contributed by atoms with Crippen LogP contribution in [0.4, 0.5) is 0 Å². The van der Waals surface area contributed by atoms with E-state index < -0.39 is 0 Å². The lowest BCUT2D eigenvalue weighted by atomic mass is 10.1. The normalized spacial score (nSPS) is 11.3. The quantitative estimate of drug-likeness (QED) is 0.303. The van der Waals surface area contributed by atoms with Crippen molar-refractivity contribution >= 4 is 40.8 Å². The van der Waals surface area contributed by atoms with E-state index in [0.717, 1.165) is 31.9 Å². The number of para-hydroxylation sites is 1. The number of rotatable bonds is 7. The second-order valence-electron chi connectivity index (χ2n) is 5.71. The molecular formula is C18H29IN4. The molecule has 0 fully saturated rings. The molecule has 0 amide bonds. The molecule has 0 unspecified atom stereocenters. The zero-order valence-electron chi connectivity index (χ0n) is 14.4. The maximum absolute atomic E-state index is 4.35. The first kappa shape index (κ1) is 19.8. The molecule has 0 atom stereocenters. The lowest BCUT2D eigenvalue weighted by Gasteiger charge is -2.21. The van der Waals surface area contributed by atoms with Gasteiger partial charge in [-0.1, -0.05) is 31.5 Å². The molecule has 0 aliphatic carbocycles. The van der Waals surface area contributed by atoms with Gasteiger partial charge in [0.2, 0.25) is 0 Å². The predicted molar refractivity (Wildman–Crippen MR) is 111 cm³/mol. The van der Waals surface area contributed by atoms with Crippen LogP contribution < -0.4 is 5.32 Å². The number of hydrogen-bond acceptors (Lipinski definition) is 1. The van der Waals surface area contributed by atoms with Crippen LogP contribution in [0.15, 0.2) is 35.5 Å². The summed E-state index contributed by atoms with van der Waals surface area (Å²) in [5.41, 5.74) is 2.62. The van der Waals surface area contributed by atoms with Gasteiger partial charge in [-0.2, -0.15) is 0 Å². The Morgan fingerprint density at radius 3 is 2.78 bits per heavy atom. The number of aliphatic imine (C=N–C) groups is 1. The van der Waals surface area contributed by atoms with Crippen molar-refractivity contribution < 1.29 is 0 Å². The largest absolute Gasteiger partial charge is 0.361 e. The molecule has 1 aromatic heterocycles. The van der Waals surface area contributed by atoms with Crippen LogP contribution in [0.5, 0.6) is 0 Å². The molecule has 0 saturated heterocycles. The molecule has 0 saturated carbocycles. The fraction of sp³-hybridized carbons (Fsp3) is 0.500. The number of halogens is 1. The number of benzene rings is 1. The Bertz CT molecular complexity index is 606. The summed E-state index contributed by atoms with van der Waals surface area (Å²) in [6.07, 6.45) is 6.72. The third kappa shape index (κ3) is 5.71. The first-order valence-electron chi connectivity index (χ1n) is 8.23. The average Bonchev–Trinajstić information content (AvgIpc) is 2.96. The number of aromatic amines is 1. The third-order valence-corrected chi connectivity index (χ3v) is 4.00. The van der Waals surface area contributed by atoms with Crippen molar-refractivity contribution in [2.24, 2.45) is 4.99 Å². The average molecular weight is 428 g/mol. The SMILES string of the molecule is CCCCN(C)C(=NC)NCCCc1c[nH]c2ccccc12.I. The Kier molecular flexibility index (Phi) is 9.06. The molecule has 0 spiro atoms. The molecule has 128 valence electrons. The summed E-state index contributed by atoms with van der Waals surface area (Å²) < 4.78 is 0. The lowest BCUT2D eigenvalue weighted by molar-refractivity contribution is 0.464. The minimum absolute atomic E-state index is 0. The summed E-state index contributed by atoms with van der Waals surface area (Å²) in [5, 5.41) is 4.79. The van der Waals surface area contributed by atoms with Crippen LogP contribution >= 0.6 is 24.0 Å². The first-order valence-corrected chi connectivity index (χ1v) is 8.23. The summed E-state index contributed by atoms with van der Waals surface area (Å²) in [6.45, 7) is 4.21. The van der Waals surface area contributed by atoms with Gasteiger partial charge in [-0.25, -0.2) is 0 Å². The number of guanidine groups is 1. The third-order valence-electron chi connectivity index (χ3n) is 4.00. The zero-order chi connectivity index (χ0) is 15.8. The maximum atomic E-state index is 4.35. The monoisotopic (exact) mass is 428 g/mol. The highest BCUT2D eigenvalue weighted by Crippen LogP contribution is 2.18. The number of nitrogens with zero attached hydrogens (tertiary/aromatic N) is 2. The van der Waals surface area contributed by atoms with Crippen molar-refractivity contribution in [3.63, 3.8) is 0 Å². The molecular weight excluding hydrogens is 399 g/mol. The number of hydrogen-bond donors (Lipinski definition) is 2. The number of nitrogens with one attached hydrogen (secondary N) is 2. The molecule has 0 aliphatic rings. The van der Waals surface area contributed by atoms with E-state index >= 15 is 0 Å². The Labute approximate surface area is 156 Å². The van der Waals surface area contributed by atoms with Crippen LogP contribution in [0.2, 0.25) is 0 Å². The van der Waals surface area contributed by atoms with E-state index in [1.54, 1.807) is 0 Å². The highest BCUT2D eigenvalue weighted by atomic mass is 127. The minimum atomic E-state index is 0. The van der Waals surface area contributed by atoms with E-state index in [1.807, 2.05) is 7.05 Å². The standard InChI is InChI=1S/C18H28N4.HI/c1-4-5-13-22(3)18(19-2)20-12-8-9-15-14-21-17-11-7-6-10-16(15)17;/h6-7,10-11,14,21H,4-5,8-9,12-13H2,1-3H3,(H,19,20);1H. The van der Waals surface area contributed by atoms with Crippen molar-refractivity contribution in [3.8, 4) is 0 Å². The Morgan fingerprint density at radius 2 is 2.04 bits per heavy atom. The van der Waals surface area contributed by atoms with Crippen molar-refractivity contribution in [3.05, 3.63) is 36.0 Å². The summed E-state index contributed by atoms with van der Waals surface area (Å²) in [5.74, 6) is 0.993. The number of unbranched alkanes of at least 4 members (excludes halogenated alkanes) is 1. The van der Waals surface area contributed by atoms with Crippen molar-refractivity contribution in [2.75, 3.05) is 27.2 Å². The fourth-order valence-electron chi connectivity index (χ4n) is 2.70. The van der Waals surface area contributed by atoms with Crippen molar-refractivity contribution in [1.82, 2.24) is 15.2 Å². The molecule has 23 heavy (non-hydrogen) atoms. The van der Waals surface area contributed by atoms with Crippen molar-refractivity contribution in [1.29, 1.82) is 0 Å². The number of aryl methyl sites for hydroxylation is 1. The van der Waals surface area contributed by atoms with Gasteiger partial charge in [-0.05, 0) is 30.9 Å². The van der Waals surface area contributed by atoms with Gasteiger partial charge in [0.15, 0.2) is 5.96 Å². The summed E-state index contributed by atoms with van der Waals surface area (Å²) in [4.78, 5) is 9.89. The van der Waals surface area contributed by atoms with E-state index in [9.17, 15) is 0 Å². The summed E-state index contributed by atoms with van der Waals surface area (Å²) >= 11 is 0. The van der Waals surface area contributed by atoms with Gasteiger partial charge in [-0.3, -0.25) is 4.99 Å². The molecule has 1 heterocycles. The highest BCUT2D eigenvalue weighted by Gasteiger charge is 2.05. The van der Waals surface area contributed by atoms with Gasteiger partial charge < -0.3 is 15.2 Å². The van der Waals surface area contributed by atoms with Crippen LogP contribution in [-0.4, -0.2) is 43.0 Å². The Morgan fingerprint density at radius 1 is 1.26 bits per heavy atom. The van der Waals surface area contributed by atoms with E-state index in [2.05, 4.69) is 64.6 Å². The van der Waals surface area contributed by atoms with Crippen LogP contribution in [0.25, 0.3) is 10.9 Å². The van der Waals surface area contributed by atoms with Gasteiger partial charge in [0.25, 0.3) is 0 Å². The molecule has 1 aromatic carbocycles. The van der Waals surface area contributed by atoms with Crippen molar-refractivity contribution in [2.45, 2.75) is 32.6 Å². The lowest BCUT2D eigenvalue weighted by Crippen LogP contribution is -2.39. The van der Waals surface area contributed by atoms with Gasteiger partial charge in [0.05, 0.1) is 0 Å². The summed E-state index contributed by atoms with van der Waals surface area (Å²) in [7, 11) is 3.95. The molecule has 5 heteroatoms. The molecule has 2 rings (SSSR count). The topological polar surface area (TPSA) is 43.4 Å². The van der Waals surface area contributed by atoms with Crippen LogP contribution in [0.3, 0.4) is 0 Å². The second kappa shape index (κ2) is 10.5. The Balaban J connectivity index is 0.00000264. The van der Waals surface area contributed by atoms with Crippen LogP contribution in [0.1, 0.15) is 31.7 Å². The van der Waals surface area contributed by atoms with Gasteiger partial charge >= 0.3 is 0 Å². The van der Waals surface area contributed by atoms with E-state index in [-0.39, 0.29) is 24.0 Å². The Hall–Kier alpha value is -1.24. The second-order valence-corrected chi connectivity index (χ2v) is 5.71. The molecule has 2 aromatic rings. The fourth-order valence-corrected chi connectivity index (χ4v) is 2.70. The van der Waals surface area contributed by atoms with Crippen LogP contribution in [0, 0.1) is 0 Å². The van der Waals surface area contributed by atoms with Gasteiger partial charge in [0, 0.05) is 44.3 Å². The van der Waals surface area contributed by atoms with E-state index in [4.69, 9.17) is 0 Å². The van der Waals surface area contributed by atoms with Gasteiger partial charge in [-0.15, -0.1) is 24.0 Å². The van der Waals surface area contributed by atoms with Gasteiger partial charge in [0.1, 0.15) is 0 Å². The smallest absolute Gasteiger partial charge is 0.193 e. The van der Waals surface area contributed by atoms with Crippen LogP contribution in [-0.2, 0) is 6.42 Å². The maximum Gasteiger partial charge on any atom is 0.193 e. The number of aromatic nitrogens is 1. The summed E-state index contributed by atoms with van der Waals surface area (Å²) in [6, 6.07) is 8.48. The molecule has 2 N–H and O–H groups in total. The first-order chi connectivity index (χ1) is 10.8. The molecule has 4 nitrogen and oxygen atoms in total. The minimum Gasteiger partial charge on any atom is -0.361 e. The number of H-pyrrole nitrogens is 1. The predicted octanol–water partition coefficient (Wildman–Crippen LogP) is 4.03.